The zero-order chi connectivity index (χ0) is 22.9. The summed E-state index contributed by atoms with van der Waals surface area (Å²) in [6, 6.07) is 13.4. The lowest BCUT2D eigenvalue weighted by molar-refractivity contribution is 0.0925. The number of aryl methyl sites for hydroxylation is 1. The zero-order valence-corrected chi connectivity index (χ0v) is 18.9. The first-order valence-electron chi connectivity index (χ1n) is 10.6. The van der Waals surface area contributed by atoms with Gasteiger partial charge in [-0.3, -0.25) is 9.59 Å². The molecule has 1 atom stereocenters. The minimum Gasteiger partial charge on any atom is -0.377 e. The van der Waals surface area contributed by atoms with Crippen LogP contribution in [-0.2, 0) is 21.3 Å². The summed E-state index contributed by atoms with van der Waals surface area (Å²) in [4.78, 5) is 27.5. The molecule has 1 fully saturated rings. The summed E-state index contributed by atoms with van der Waals surface area (Å²) in [5, 5.41) is 0.840. The fourth-order valence-electron chi connectivity index (χ4n) is 4.02. The number of Topliss-reactive ketones (excluding diaryl/α,β-unsaturated/α-hetero) is 1. The lowest BCUT2D eigenvalue weighted by Gasteiger charge is -2.25. The van der Waals surface area contributed by atoms with Crippen LogP contribution in [0.2, 0.25) is 0 Å². The lowest BCUT2D eigenvalue weighted by atomic mass is 10.1. The van der Waals surface area contributed by atoms with E-state index in [1.54, 1.807) is 18.2 Å². The van der Waals surface area contributed by atoms with Gasteiger partial charge in [0.2, 0.25) is 10.0 Å². The number of fused-ring (bicyclic) bond motifs is 1. The molecule has 1 aromatic heterocycles. The molecule has 2 aromatic carbocycles. The van der Waals surface area contributed by atoms with Crippen LogP contribution in [0.5, 0.6) is 0 Å². The maximum Gasteiger partial charge on any atom is 0.252 e. The number of ketones is 1. The first-order valence-corrected chi connectivity index (χ1v) is 12.0. The van der Waals surface area contributed by atoms with E-state index in [2.05, 4.69) is 4.98 Å². The van der Waals surface area contributed by atoms with E-state index < -0.39 is 10.0 Å². The number of hydrogen-bond acceptors (Lipinski definition) is 5. The molecule has 0 amide bonds. The molecule has 0 radical (unpaired) electrons. The smallest absolute Gasteiger partial charge is 0.252 e. The highest BCUT2D eigenvalue weighted by molar-refractivity contribution is 7.89. The molecule has 1 saturated heterocycles. The van der Waals surface area contributed by atoms with Crippen molar-refractivity contribution in [2.24, 2.45) is 0 Å². The van der Waals surface area contributed by atoms with Gasteiger partial charge < -0.3 is 9.72 Å². The quantitative estimate of drug-likeness (QED) is 0.552. The molecule has 2 heterocycles. The first-order chi connectivity index (χ1) is 15.3. The van der Waals surface area contributed by atoms with E-state index in [1.807, 2.05) is 25.1 Å². The van der Waals surface area contributed by atoms with Gasteiger partial charge in [0.25, 0.3) is 5.56 Å². The molecular formula is C24H26N2O5S. The van der Waals surface area contributed by atoms with Crippen LogP contribution in [0.3, 0.4) is 0 Å². The van der Waals surface area contributed by atoms with Gasteiger partial charge in [0.1, 0.15) is 0 Å². The monoisotopic (exact) mass is 454 g/mol. The number of aromatic nitrogens is 1. The number of benzene rings is 2. The zero-order valence-electron chi connectivity index (χ0n) is 18.1. The molecule has 1 N–H and O–H groups in total. The fourth-order valence-corrected chi connectivity index (χ4v) is 5.52. The molecule has 1 aliphatic heterocycles. The number of hydrogen-bond donors (Lipinski definition) is 1. The van der Waals surface area contributed by atoms with Crippen LogP contribution in [0.25, 0.3) is 10.9 Å². The van der Waals surface area contributed by atoms with Gasteiger partial charge in [-0.2, -0.15) is 4.31 Å². The molecule has 0 unspecified atom stereocenters. The number of pyridine rings is 1. The number of sulfonamides is 1. The van der Waals surface area contributed by atoms with Gasteiger partial charge >= 0.3 is 0 Å². The minimum atomic E-state index is -3.97. The highest BCUT2D eigenvalue weighted by atomic mass is 32.2. The number of carbonyl (C=O) groups excluding carboxylic acids is 1. The fraction of sp³-hybridized carbons (Fsp3) is 0.333. The summed E-state index contributed by atoms with van der Waals surface area (Å²) < 4.78 is 34.1. The van der Waals surface area contributed by atoms with Gasteiger partial charge in [-0.15, -0.1) is 0 Å². The maximum atomic E-state index is 13.6. The van der Waals surface area contributed by atoms with Crippen molar-refractivity contribution in [2.45, 2.75) is 44.2 Å². The van der Waals surface area contributed by atoms with E-state index in [-0.39, 0.29) is 35.4 Å². The average Bonchev–Trinajstić information content (AvgIpc) is 3.28. The summed E-state index contributed by atoms with van der Waals surface area (Å²) in [5.74, 6) is -0.214. The second-order valence-electron chi connectivity index (χ2n) is 8.18. The van der Waals surface area contributed by atoms with E-state index in [9.17, 15) is 18.0 Å². The van der Waals surface area contributed by atoms with Crippen molar-refractivity contribution in [1.82, 2.24) is 9.29 Å². The summed E-state index contributed by atoms with van der Waals surface area (Å²) in [5.41, 5.74) is 2.03. The molecule has 0 aliphatic carbocycles. The molecule has 32 heavy (non-hydrogen) atoms. The summed E-state index contributed by atoms with van der Waals surface area (Å²) in [6.45, 7) is 3.94. The van der Waals surface area contributed by atoms with E-state index in [0.29, 0.717) is 17.7 Å². The van der Waals surface area contributed by atoms with Crippen molar-refractivity contribution in [1.29, 1.82) is 0 Å². The van der Waals surface area contributed by atoms with Crippen LogP contribution in [0.15, 0.2) is 58.2 Å². The Hall–Kier alpha value is -2.81. The van der Waals surface area contributed by atoms with Crippen molar-refractivity contribution in [3.05, 3.63) is 75.6 Å². The number of aromatic amines is 1. The number of carbonyl (C=O) groups is 1. The van der Waals surface area contributed by atoms with E-state index in [1.165, 1.54) is 23.4 Å². The SMILES string of the molecule is CC(=O)c1cccc(S(=O)(=O)N(Cc2cc3cccc(C)c3[nH]c2=O)C[C@H]2CCCO2)c1. The summed E-state index contributed by atoms with van der Waals surface area (Å²) in [6.07, 6.45) is 1.39. The molecule has 1 aliphatic rings. The van der Waals surface area contributed by atoms with Gasteiger partial charge in [0.05, 0.1) is 16.5 Å². The second kappa shape index (κ2) is 8.97. The Morgan fingerprint density at radius 1 is 1.19 bits per heavy atom. The van der Waals surface area contributed by atoms with Crippen molar-refractivity contribution in [3.8, 4) is 0 Å². The second-order valence-corrected chi connectivity index (χ2v) is 10.1. The topological polar surface area (TPSA) is 96.5 Å². The normalized spacial score (nSPS) is 16.7. The largest absolute Gasteiger partial charge is 0.377 e. The predicted molar refractivity (Wildman–Crippen MR) is 122 cm³/mol. The lowest BCUT2D eigenvalue weighted by Crippen LogP contribution is -2.38. The average molecular weight is 455 g/mol. The van der Waals surface area contributed by atoms with Crippen LogP contribution >= 0.6 is 0 Å². The molecule has 0 bridgehead atoms. The highest BCUT2D eigenvalue weighted by Crippen LogP contribution is 2.24. The molecular weight excluding hydrogens is 428 g/mol. The Balaban J connectivity index is 1.75. The Morgan fingerprint density at radius 3 is 2.69 bits per heavy atom. The molecule has 8 heteroatoms. The molecule has 3 aromatic rings. The van der Waals surface area contributed by atoms with Gasteiger partial charge in [0.15, 0.2) is 5.78 Å². The summed E-state index contributed by atoms with van der Waals surface area (Å²) in [7, 11) is -3.97. The van der Waals surface area contributed by atoms with Crippen LogP contribution in [0.4, 0.5) is 0 Å². The first kappa shape index (κ1) is 22.4. The van der Waals surface area contributed by atoms with Gasteiger partial charge in [-0.1, -0.05) is 30.3 Å². The van der Waals surface area contributed by atoms with Crippen LogP contribution in [-0.4, -0.2) is 42.7 Å². The van der Waals surface area contributed by atoms with E-state index in [0.717, 1.165) is 29.3 Å². The van der Waals surface area contributed by atoms with Gasteiger partial charge in [0, 0.05) is 30.8 Å². The van der Waals surface area contributed by atoms with Crippen LogP contribution in [0, 0.1) is 6.92 Å². The highest BCUT2D eigenvalue weighted by Gasteiger charge is 2.30. The third-order valence-electron chi connectivity index (χ3n) is 5.82. The number of ether oxygens (including phenoxy) is 1. The Kier molecular flexibility index (Phi) is 6.28. The molecule has 0 saturated carbocycles. The number of rotatable bonds is 7. The van der Waals surface area contributed by atoms with Gasteiger partial charge in [-0.25, -0.2) is 8.42 Å². The maximum absolute atomic E-state index is 13.6. The third kappa shape index (κ3) is 4.53. The van der Waals surface area contributed by atoms with Crippen molar-refractivity contribution >= 4 is 26.7 Å². The van der Waals surface area contributed by atoms with Crippen LogP contribution < -0.4 is 5.56 Å². The third-order valence-corrected chi connectivity index (χ3v) is 7.63. The molecule has 0 spiro atoms. The van der Waals surface area contributed by atoms with Crippen molar-refractivity contribution in [3.63, 3.8) is 0 Å². The summed E-state index contributed by atoms with van der Waals surface area (Å²) >= 11 is 0. The van der Waals surface area contributed by atoms with Gasteiger partial charge in [-0.05, 0) is 55.8 Å². The van der Waals surface area contributed by atoms with E-state index >= 15 is 0 Å². The Labute approximate surface area is 187 Å². The number of para-hydroxylation sites is 1. The Morgan fingerprint density at radius 2 is 1.97 bits per heavy atom. The van der Waals surface area contributed by atoms with E-state index in [4.69, 9.17) is 4.74 Å². The standard InChI is InChI=1S/C24H26N2O5S/c1-16-6-3-8-19-12-20(24(28)25-23(16)19)14-26(15-21-9-5-11-31-21)32(29,30)22-10-4-7-18(13-22)17(2)27/h3-4,6-8,10,12-13,21H,5,9,11,14-15H2,1-2H3,(H,25,28)/t21-/m1/s1. The molecule has 7 nitrogen and oxygen atoms in total. The van der Waals surface area contributed by atoms with Crippen LogP contribution in [0.1, 0.15) is 41.3 Å². The predicted octanol–water partition coefficient (Wildman–Crippen LogP) is 3.41. The molecule has 4 rings (SSSR count). The number of nitrogens with one attached hydrogen (secondary N) is 1. The van der Waals surface area contributed by atoms with Crippen molar-refractivity contribution < 1.29 is 17.9 Å². The Bertz CT molecular complexity index is 1320. The van der Waals surface area contributed by atoms with Crippen molar-refractivity contribution in [2.75, 3.05) is 13.2 Å². The molecule has 168 valence electrons. The number of H-pyrrole nitrogens is 1. The number of nitrogens with zero attached hydrogens (tertiary/aromatic N) is 1. The minimum absolute atomic E-state index is 0.0243.